The molecule has 136 valence electrons. The minimum absolute atomic E-state index is 0.228. The van der Waals surface area contributed by atoms with Gasteiger partial charge in [-0.15, -0.1) is 0 Å². The van der Waals surface area contributed by atoms with Gasteiger partial charge in [0.1, 0.15) is 0 Å². The summed E-state index contributed by atoms with van der Waals surface area (Å²) in [6, 6.07) is 4.48. The van der Waals surface area contributed by atoms with Crippen molar-refractivity contribution >= 4 is 0 Å². The summed E-state index contributed by atoms with van der Waals surface area (Å²) in [4.78, 5) is 2.59. The first-order valence-corrected chi connectivity index (χ1v) is 8.94. The lowest BCUT2D eigenvalue weighted by atomic mass is 9.84. The zero-order valence-electron chi connectivity index (χ0n) is 15.5. The van der Waals surface area contributed by atoms with Crippen molar-refractivity contribution in [2.24, 2.45) is 5.73 Å². The number of benzene rings is 1. The predicted octanol–water partition coefficient (Wildman–Crippen LogP) is 3.02. The van der Waals surface area contributed by atoms with E-state index in [-0.39, 0.29) is 5.92 Å². The summed E-state index contributed by atoms with van der Waals surface area (Å²) in [6.45, 7) is 5.11. The number of hydrogen-bond acceptors (Lipinski definition) is 5. The molecule has 1 aromatic carbocycles. The molecule has 1 heterocycles. The molecule has 0 bridgehead atoms. The molecule has 1 aliphatic heterocycles. The molecule has 1 aliphatic rings. The van der Waals surface area contributed by atoms with Crippen LogP contribution >= 0.6 is 0 Å². The lowest BCUT2D eigenvalue weighted by molar-refractivity contribution is 0.126. The Morgan fingerprint density at radius 1 is 1.12 bits per heavy atom. The highest BCUT2D eigenvalue weighted by atomic mass is 16.5. The monoisotopic (exact) mass is 336 g/mol. The van der Waals surface area contributed by atoms with E-state index >= 15 is 0 Å². The van der Waals surface area contributed by atoms with Gasteiger partial charge in [0.15, 0.2) is 11.5 Å². The maximum absolute atomic E-state index is 6.23. The Hall–Kier alpha value is -1.46. The van der Waals surface area contributed by atoms with Crippen LogP contribution in [0.2, 0.25) is 0 Å². The molecule has 0 spiro atoms. The van der Waals surface area contributed by atoms with Crippen LogP contribution in [-0.2, 0) is 0 Å². The van der Waals surface area contributed by atoms with Gasteiger partial charge in [-0.25, -0.2) is 0 Å². The Morgan fingerprint density at radius 3 is 2.46 bits per heavy atom. The van der Waals surface area contributed by atoms with Crippen LogP contribution < -0.4 is 19.9 Å². The van der Waals surface area contributed by atoms with Gasteiger partial charge in [-0.3, -0.25) is 4.90 Å². The highest BCUT2D eigenvalue weighted by Gasteiger charge is 2.32. The minimum Gasteiger partial charge on any atom is -0.493 e. The second-order valence-corrected chi connectivity index (χ2v) is 6.36. The number of methoxy groups -OCH3 is 3. The SMILES string of the molecule is CCCN1CCCCC1C(CN)c1ccc(OC)c(OC)c1OC. The summed E-state index contributed by atoms with van der Waals surface area (Å²) in [5.74, 6) is 2.30. The van der Waals surface area contributed by atoms with Crippen LogP contribution in [0.4, 0.5) is 0 Å². The summed E-state index contributed by atoms with van der Waals surface area (Å²) in [6.07, 6.45) is 4.88. The summed E-state index contributed by atoms with van der Waals surface area (Å²) < 4.78 is 16.7. The molecule has 0 amide bonds. The Balaban J connectivity index is 2.42. The average molecular weight is 336 g/mol. The normalized spacial score (nSPS) is 19.8. The molecule has 2 N–H and O–H groups in total. The van der Waals surface area contributed by atoms with Crippen molar-refractivity contribution in [1.82, 2.24) is 4.90 Å². The van der Waals surface area contributed by atoms with Gasteiger partial charge >= 0.3 is 0 Å². The van der Waals surface area contributed by atoms with E-state index in [9.17, 15) is 0 Å². The fraction of sp³-hybridized carbons (Fsp3) is 0.684. The van der Waals surface area contributed by atoms with Gasteiger partial charge in [-0.1, -0.05) is 19.4 Å². The first-order chi connectivity index (χ1) is 11.7. The third kappa shape index (κ3) is 3.78. The summed E-state index contributed by atoms with van der Waals surface area (Å²) in [5.41, 5.74) is 7.34. The van der Waals surface area contributed by atoms with Gasteiger partial charge < -0.3 is 19.9 Å². The van der Waals surface area contributed by atoms with Crippen molar-refractivity contribution in [3.05, 3.63) is 17.7 Å². The van der Waals surface area contributed by atoms with Crippen LogP contribution in [-0.4, -0.2) is 51.9 Å². The van der Waals surface area contributed by atoms with Crippen LogP contribution in [0.25, 0.3) is 0 Å². The Bertz CT molecular complexity index is 520. The van der Waals surface area contributed by atoms with Crippen molar-refractivity contribution in [3.8, 4) is 17.2 Å². The van der Waals surface area contributed by atoms with E-state index in [0.717, 1.165) is 30.8 Å². The molecule has 5 heteroatoms. The topological polar surface area (TPSA) is 57.0 Å². The average Bonchev–Trinajstić information content (AvgIpc) is 2.63. The number of piperidine rings is 1. The van der Waals surface area contributed by atoms with Crippen molar-refractivity contribution in [1.29, 1.82) is 0 Å². The molecular weight excluding hydrogens is 304 g/mol. The van der Waals surface area contributed by atoms with Crippen molar-refractivity contribution in [3.63, 3.8) is 0 Å². The summed E-state index contributed by atoms with van der Waals surface area (Å²) in [5, 5.41) is 0. The second kappa shape index (κ2) is 9.14. The lowest BCUT2D eigenvalue weighted by Crippen LogP contribution is -2.45. The Labute approximate surface area is 146 Å². The molecule has 24 heavy (non-hydrogen) atoms. The second-order valence-electron chi connectivity index (χ2n) is 6.36. The molecule has 2 atom stereocenters. The van der Waals surface area contributed by atoms with Gasteiger partial charge in [-0.2, -0.15) is 0 Å². The molecule has 2 rings (SSSR count). The van der Waals surface area contributed by atoms with Gasteiger partial charge in [0.2, 0.25) is 5.75 Å². The predicted molar refractivity (Wildman–Crippen MR) is 97.4 cm³/mol. The number of likely N-dealkylation sites (tertiary alicyclic amines) is 1. The maximum atomic E-state index is 6.23. The molecular formula is C19H32N2O3. The van der Waals surface area contributed by atoms with Crippen LogP contribution in [0.1, 0.15) is 44.1 Å². The van der Waals surface area contributed by atoms with Crippen molar-refractivity contribution in [2.75, 3.05) is 41.0 Å². The molecule has 5 nitrogen and oxygen atoms in total. The molecule has 0 radical (unpaired) electrons. The first-order valence-electron chi connectivity index (χ1n) is 8.94. The first kappa shape index (κ1) is 18.9. The maximum Gasteiger partial charge on any atom is 0.203 e. The zero-order valence-corrected chi connectivity index (χ0v) is 15.5. The third-order valence-electron chi connectivity index (χ3n) is 5.03. The quantitative estimate of drug-likeness (QED) is 0.791. The lowest BCUT2D eigenvalue weighted by Gasteiger charge is -2.40. The van der Waals surface area contributed by atoms with Crippen LogP contribution in [0.3, 0.4) is 0 Å². The van der Waals surface area contributed by atoms with E-state index in [4.69, 9.17) is 19.9 Å². The van der Waals surface area contributed by atoms with E-state index in [2.05, 4.69) is 17.9 Å². The summed E-state index contributed by atoms with van der Waals surface area (Å²) in [7, 11) is 4.96. The highest BCUT2D eigenvalue weighted by molar-refractivity contribution is 5.57. The van der Waals surface area contributed by atoms with Crippen LogP contribution in [0.5, 0.6) is 17.2 Å². The molecule has 2 unspecified atom stereocenters. The zero-order chi connectivity index (χ0) is 17.5. The molecule has 1 fully saturated rings. The molecule has 1 saturated heterocycles. The minimum atomic E-state index is 0.228. The van der Waals surface area contributed by atoms with Crippen LogP contribution in [0, 0.1) is 0 Å². The molecule has 0 saturated carbocycles. The standard InChI is InChI=1S/C19H32N2O3/c1-5-11-21-12-7-6-8-16(21)15(13-20)14-9-10-17(22-2)19(24-4)18(14)23-3/h9-10,15-16H,5-8,11-13,20H2,1-4H3. The Kier molecular flexibility index (Phi) is 7.18. The Morgan fingerprint density at radius 2 is 1.88 bits per heavy atom. The van der Waals surface area contributed by atoms with E-state index in [1.165, 1.54) is 19.3 Å². The van der Waals surface area contributed by atoms with Gasteiger partial charge in [0, 0.05) is 24.1 Å². The number of nitrogens with two attached hydrogens (primary N) is 1. The van der Waals surface area contributed by atoms with Gasteiger partial charge in [-0.05, 0) is 38.4 Å². The fourth-order valence-electron chi connectivity index (χ4n) is 3.94. The number of nitrogens with zero attached hydrogens (tertiary/aromatic N) is 1. The van der Waals surface area contributed by atoms with E-state index in [1.54, 1.807) is 21.3 Å². The van der Waals surface area contributed by atoms with Crippen molar-refractivity contribution < 1.29 is 14.2 Å². The summed E-state index contributed by atoms with van der Waals surface area (Å²) >= 11 is 0. The number of rotatable bonds is 8. The van der Waals surface area contributed by atoms with Gasteiger partial charge in [0.25, 0.3) is 0 Å². The number of hydrogen-bond donors (Lipinski definition) is 1. The highest BCUT2D eigenvalue weighted by Crippen LogP contribution is 2.44. The van der Waals surface area contributed by atoms with Gasteiger partial charge in [0.05, 0.1) is 21.3 Å². The molecule has 0 aliphatic carbocycles. The van der Waals surface area contributed by atoms with Crippen molar-refractivity contribution in [2.45, 2.75) is 44.6 Å². The van der Waals surface area contributed by atoms with Crippen LogP contribution in [0.15, 0.2) is 12.1 Å². The molecule has 0 aromatic heterocycles. The number of ether oxygens (including phenoxy) is 3. The van der Waals surface area contributed by atoms with E-state index < -0.39 is 0 Å². The smallest absolute Gasteiger partial charge is 0.203 e. The molecule has 1 aromatic rings. The van der Waals surface area contributed by atoms with E-state index in [0.29, 0.717) is 24.1 Å². The van der Waals surface area contributed by atoms with E-state index in [1.807, 2.05) is 6.07 Å². The fourth-order valence-corrected chi connectivity index (χ4v) is 3.94. The third-order valence-corrected chi connectivity index (χ3v) is 5.03. The largest absolute Gasteiger partial charge is 0.493 e.